The van der Waals surface area contributed by atoms with Gasteiger partial charge in [0.1, 0.15) is 0 Å². The first kappa shape index (κ1) is 23.3. The van der Waals surface area contributed by atoms with Crippen LogP contribution in [0.1, 0.15) is 77.2 Å². The maximum Gasteiger partial charge on any atom is 0.0728 e. The molecule has 0 amide bonds. The Balaban J connectivity index is 1.33. The molecule has 164 valence electrons. The predicted molar refractivity (Wildman–Crippen MR) is 132 cm³/mol. The van der Waals surface area contributed by atoms with E-state index in [0.717, 1.165) is 19.4 Å². The minimum Gasteiger partial charge on any atom is -0.377 e. The van der Waals surface area contributed by atoms with Gasteiger partial charge >= 0.3 is 0 Å². The largest absolute Gasteiger partial charge is 0.377 e. The van der Waals surface area contributed by atoms with Gasteiger partial charge in [-0.3, -0.25) is 0 Å². The zero-order valence-corrected chi connectivity index (χ0v) is 19.3. The summed E-state index contributed by atoms with van der Waals surface area (Å²) in [6.45, 7) is 5.59. The molecule has 3 aromatic rings. The highest BCUT2D eigenvalue weighted by Gasteiger charge is 2.15. The normalized spacial score (nSPS) is 11.8. The molecule has 0 spiro atoms. The summed E-state index contributed by atoms with van der Waals surface area (Å²) >= 11 is 0. The van der Waals surface area contributed by atoms with Crippen LogP contribution in [0.3, 0.4) is 0 Å². The molecule has 0 saturated carbocycles. The van der Waals surface area contributed by atoms with Crippen molar-refractivity contribution in [2.24, 2.45) is 5.41 Å². The molecule has 0 unspecified atom stereocenters. The second kappa shape index (κ2) is 11.9. The van der Waals surface area contributed by atoms with E-state index >= 15 is 0 Å². The third-order valence-corrected chi connectivity index (χ3v) is 6.27. The number of fused-ring (bicyclic) bond motifs is 2. The summed E-state index contributed by atoms with van der Waals surface area (Å²) in [4.78, 5) is 0. The molecule has 31 heavy (non-hydrogen) atoms. The van der Waals surface area contributed by atoms with Gasteiger partial charge in [0.15, 0.2) is 0 Å². The van der Waals surface area contributed by atoms with Gasteiger partial charge in [-0.2, -0.15) is 5.26 Å². The highest BCUT2D eigenvalue weighted by Crippen LogP contribution is 2.29. The highest BCUT2D eigenvalue weighted by atomic mass is 16.5. The summed E-state index contributed by atoms with van der Waals surface area (Å²) in [5.41, 5.74) is 1.16. The van der Waals surface area contributed by atoms with Gasteiger partial charge in [0.25, 0.3) is 0 Å². The standard InChI is InChI=1S/C29H37NO/c1-29(2,23-30)19-13-7-5-3-4-6-8-14-20-31-22-28-26-17-11-9-15-24(26)21-25-16-10-12-18-27(25)28/h9-12,15-18,21H,3-8,13-14,19-20,22H2,1-2H3. The summed E-state index contributed by atoms with van der Waals surface area (Å²) in [5.74, 6) is 0. The van der Waals surface area contributed by atoms with Crippen LogP contribution >= 0.6 is 0 Å². The Kier molecular flexibility index (Phi) is 8.92. The summed E-state index contributed by atoms with van der Waals surface area (Å²) in [5, 5.41) is 14.2. The van der Waals surface area contributed by atoms with Gasteiger partial charge in [-0.15, -0.1) is 0 Å². The van der Waals surface area contributed by atoms with Crippen molar-refractivity contribution >= 4 is 21.5 Å². The summed E-state index contributed by atoms with van der Waals surface area (Å²) in [7, 11) is 0. The molecule has 3 aromatic carbocycles. The van der Waals surface area contributed by atoms with Crippen molar-refractivity contribution in [1.29, 1.82) is 5.26 Å². The fraction of sp³-hybridized carbons (Fsp3) is 0.483. The van der Waals surface area contributed by atoms with Crippen LogP contribution in [0.5, 0.6) is 0 Å². The molecule has 0 aromatic heterocycles. The molecule has 3 rings (SSSR count). The Morgan fingerprint density at radius 2 is 1.26 bits per heavy atom. The van der Waals surface area contributed by atoms with Gasteiger partial charge in [-0.25, -0.2) is 0 Å². The van der Waals surface area contributed by atoms with E-state index in [1.54, 1.807) is 0 Å². The van der Waals surface area contributed by atoms with Crippen molar-refractivity contribution in [1.82, 2.24) is 0 Å². The molecular weight excluding hydrogens is 378 g/mol. The summed E-state index contributed by atoms with van der Waals surface area (Å²) in [6.07, 6.45) is 11.1. The molecule has 0 heterocycles. The molecule has 2 nitrogen and oxygen atoms in total. The topological polar surface area (TPSA) is 33.0 Å². The molecule has 0 aliphatic carbocycles. The molecule has 0 fully saturated rings. The van der Waals surface area contributed by atoms with Crippen molar-refractivity contribution in [3.05, 3.63) is 60.2 Å². The lowest BCUT2D eigenvalue weighted by molar-refractivity contribution is 0.118. The SMILES string of the molecule is CC(C)(C#N)CCCCCCCCCCOCc1c2ccccc2cc2ccccc12. The lowest BCUT2D eigenvalue weighted by Gasteiger charge is -2.14. The van der Waals surface area contributed by atoms with Gasteiger partial charge in [-0.05, 0) is 59.9 Å². The molecule has 0 saturated heterocycles. The Labute approximate surface area is 188 Å². The van der Waals surface area contributed by atoms with Gasteiger partial charge in [-0.1, -0.05) is 93.5 Å². The molecule has 0 aliphatic heterocycles. The van der Waals surface area contributed by atoms with Crippen molar-refractivity contribution in [3.63, 3.8) is 0 Å². The van der Waals surface area contributed by atoms with Crippen molar-refractivity contribution in [2.45, 2.75) is 78.2 Å². The average Bonchev–Trinajstić information content (AvgIpc) is 2.79. The molecular formula is C29H37NO. The summed E-state index contributed by atoms with van der Waals surface area (Å²) < 4.78 is 6.11. The van der Waals surface area contributed by atoms with Crippen molar-refractivity contribution < 1.29 is 4.74 Å². The van der Waals surface area contributed by atoms with E-state index in [-0.39, 0.29) is 5.41 Å². The first-order valence-electron chi connectivity index (χ1n) is 12.0. The van der Waals surface area contributed by atoms with E-state index in [0.29, 0.717) is 6.61 Å². The van der Waals surface area contributed by atoms with Crippen LogP contribution in [0.15, 0.2) is 54.6 Å². The van der Waals surface area contributed by atoms with Crippen LogP contribution in [0, 0.1) is 16.7 Å². The van der Waals surface area contributed by atoms with E-state index in [1.807, 2.05) is 13.8 Å². The van der Waals surface area contributed by atoms with Crippen LogP contribution in [-0.4, -0.2) is 6.61 Å². The maximum absolute atomic E-state index is 9.05. The van der Waals surface area contributed by atoms with Gasteiger partial charge in [0.2, 0.25) is 0 Å². The number of ether oxygens (including phenoxy) is 1. The minimum absolute atomic E-state index is 0.154. The Bertz CT molecular complexity index is 944. The first-order valence-corrected chi connectivity index (χ1v) is 12.0. The zero-order valence-electron chi connectivity index (χ0n) is 19.3. The van der Waals surface area contributed by atoms with E-state index in [1.165, 1.54) is 72.1 Å². The van der Waals surface area contributed by atoms with Crippen LogP contribution in [0.25, 0.3) is 21.5 Å². The monoisotopic (exact) mass is 415 g/mol. The molecule has 2 heteroatoms. The quantitative estimate of drug-likeness (QED) is 0.207. The van der Waals surface area contributed by atoms with Crippen LogP contribution in [-0.2, 0) is 11.3 Å². The number of nitrogens with zero attached hydrogens (tertiary/aromatic N) is 1. The second-order valence-corrected chi connectivity index (χ2v) is 9.42. The Morgan fingerprint density at radius 1 is 0.742 bits per heavy atom. The maximum atomic E-state index is 9.05. The fourth-order valence-corrected chi connectivity index (χ4v) is 4.33. The summed E-state index contributed by atoms with van der Waals surface area (Å²) in [6, 6.07) is 21.9. The van der Waals surface area contributed by atoms with Gasteiger partial charge in [0.05, 0.1) is 18.1 Å². The van der Waals surface area contributed by atoms with Crippen LogP contribution < -0.4 is 0 Å². The molecule has 0 radical (unpaired) electrons. The first-order chi connectivity index (χ1) is 15.1. The predicted octanol–water partition coefficient (Wildman–Crippen LogP) is 8.57. The van der Waals surface area contributed by atoms with Crippen LogP contribution in [0.2, 0.25) is 0 Å². The molecule has 0 N–H and O–H groups in total. The van der Waals surface area contributed by atoms with E-state index in [9.17, 15) is 0 Å². The van der Waals surface area contributed by atoms with Crippen LogP contribution in [0.4, 0.5) is 0 Å². The lowest BCUT2D eigenvalue weighted by Crippen LogP contribution is -2.06. The Morgan fingerprint density at radius 3 is 1.84 bits per heavy atom. The van der Waals surface area contributed by atoms with Crippen molar-refractivity contribution in [3.8, 4) is 6.07 Å². The second-order valence-electron chi connectivity index (χ2n) is 9.42. The molecule has 0 atom stereocenters. The highest BCUT2D eigenvalue weighted by molar-refractivity contribution is 6.02. The van der Waals surface area contributed by atoms with Crippen molar-refractivity contribution in [2.75, 3.05) is 6.61 Å². The third kappa shape index (κ3) is 7.08. The average molecular weight is 416 g/mol. The fourth-order valence-electron chi connectivity index (χ4n) is 4.33. The third-order valence-electron chi connectivity index (χ3n) is 6.27. The number of nitriles is 1. The number of unbranched alkanes of at least 4 members (excludes halogenated alkanes) is 7. The number of hydrogen-bond donors (Lipinski definition) is 0. The zero-order chi connectivity index (χ0) is 21.9. The van der Waals surface area contributed by atoms with E-state index in [2.05, 4.69) is 60.7 Å². The van der Waals surface area contributed by atoms with E-state index in [4.69, 9.17) is 10.00 Å². The minimum atomic E-state index is -0.154. The molecule has 0 bridgehead atoms. The molecule has 0 aliphatic rings. The number of hydrogen-bond acceptors (Lipinski definition) is 2. The number of rotatable bonds is 13. The number of benzene rings is 3. The smallest absolute Gasteiger partial charge is 0.0728 e. The van der Waals surface area contributed by atoms with E-state index < -0.39 is 0 Å². The van der Waals surface area contributed by atoms with Gasteiger partial charge < -0.3 is 4.74 Å². The Hall–Kier alpha value is -2.37. The van der Waals surface area contributed by atoms with Gasteiger partial charge in [0, 0.05) is 6.61 Å². The lowest BCUT2D eigenvalue weighted by atomic mass is 9.88.